The maximum Gasteiger partial charge on any atom is 0.407 e. The van der Waals surface area contributed by atoms with Crippen molar-refractivity contribution in [2.24, 2.45) is 0 Å². The minimum absolute atomic E-state index is 0.422. The molecule has 1 atom stereocenters. The SMILES string of the molecule is CC(NCCCCNC(=O)OC(C)(C)C)C(=O)O. The number of carboxylic acid groups (broad SMARTS) is 1. The van der Waals surface area contributed by atoms with Crippen LogP contribution >= 0.6 is 0 Å². The number of amides is 1. The first-order valence-electron chi connectivity index (χ1n) is 6.15. The normalized spacial score (nSPS) is 12.9. The number of hydrogen-bond donors (Lipinski definition) is 3. The molecule has 0 aliphatic carbocycles. The number of nitrogens with one attached hydrogen (secondary N) is 2. The molecule has 6 nitrogen and oxygen atoms in total. The molecule has 0 spiro atoms. The van der Waals surface area contributed by atoms with Crippen LogP contribution < -0.4 is 10.6 Å². The monoisotopic (exact) mass is 260 g/mol. The van der Waals surface area contributed by atoms with Gasteiger partial charge in [-0.25, -0.2) is 4.79 Å². The largest absolute Gasteiger partial charge is 0.480 e. The number of carbonyl (C=O) groups excluding carboxylic acids is 1. The molecule has 0 aliphatic rings. The van der Waals surface area contributed by atoms with Gasteiger partial charge in [-0.05, 0) is 47.1 Å². The zero-order chi connectivity index (χ0) is 14.2. The maximum absolute atomic E-state index is 11.3. The third-order valence-electron chi connectivity index (χ3n) is 2.09. The third kappa shape index (κ3) is 9.89. The number of carboxylic acids is 1. The molecule has 0 fully saturated rings. The molecule has 0 aliphatic heterocycles. The minimum Gasteiger partial charge on any atom is -0.480 e. The molecular weight excluding hydrogens is 236 g/mol. The van der Waals surface area contributed by atoms with E-state index in [1.807, 2.05) is 20.8 Å². The van der Waals surface area contributed by atoms with Crippen LogP contribution in [0.5, 0.6) is 0 Å². The zero-order valence-corrected chi connectivity index (χ0v) is 11.6. The highest BCUT2D eigenvalue weighted by Gasteiger charge is 2.15. The molecule has 0 aromatic carbocycles. The van der Waals surface area contributed by atoms with E-state index in [-0.39, 0.29) is 0 Å². The van der Waals surface area contributed by atoms with E-state index in [1.54, 1.807) is 6.92 Å². The van der Waals surface area contributed by atoms with Gasteiger partial charge in [0, 0.05) is 6.54 Å². The Kier molecular flexibility index (Phi) is 7.35. The van der Waals surface area contributed by atoms with Crippen molar-refractivity contribution in [3.8, 4) is 0 Å². The summed E-state index contributed by atoms with van der Waals surface area (Å²) in [7, 11) is 0. The van der Waals surface area contributed by atoms with Crippen LogP contribution in [-0.2, 0) is 9.53 Å². The summed E-state index contributed by atoms with van der Waals surface area (Å²) in [5.41, 5.74) is -0.484. The van der Waals surface area contributed by atoms with Crippen molar-refractivity contribution in [3.63, 3.8) is 0 Å². The number of alkyl carbamates (subject to hydrolysis) is 1. The average molecular weight is 260 g/mol. The number of hydrogen-bond acceptors (Lipinski definition) is 4. The third-order valence-corrected chi connectivity index (χ3v) is 2.09. The predicted octanol–water partition coefficient (Wildman–Crippen LogP) is 1.35. The fourth-order valence-corrected chi connectivity index (χ4v) is 1.16. The summed E-state index contributed by atoms with van der Waals surface area (Å²) in [6, 6.07) is -0.538. The van der Waals surface area contributed by atoms with Crippen LogP contribution in [0.2, 0.25) is 0 Å². The Balaban J connectivity index is 3.46. The van der Waals surface area contributed by atoms with Crippen LogP contribution in [0, 0.1) is 0 Å². The van der Waals surface area contributed by atoms with Crippen molar-refractivity contribution in [1.29, 1.82) is 0 Å². The number of unbranched alkanes of at least 4 members (excludes halogenated alkanes) is 1. The lowest BCUT2D eigenvalue weighted by molar-refractivity contribution is -0.138. The molecule has 0 radical (unpaired) electrons. The zero-order valence-electron chi connectivity index (χ0n) is 11.6. The summed E-state index contributed by atoms with van der Waals surface area (Å²) in [4.78, 5) is 21.8. The molecule has 106 valence electrons. The predicted molar refractivity (Wildman–Crippen MR) is 68.6 cm³/mol. The summed E-state index contributed by atoms with van der Waals surface area (Å²) < 4.78 is 5.07. The topological polar surface area (TPSA) is 87.7 Å². The van der Waals surface area contributed by atoms with E-state index in [9.17, 15) is 9.59 Å². The van der Waals surface area contributed by atoms with E-state index in [2.05, 4.69) is 10.6 Å². The molecule has 0 saturated heterocycles. The second-order valence-electron chi connectivity index (χ2n) is 5.15. The maximum atomic E-state index is 11.3. The smallest absolute Gasteiger partial charge is 0.407 e. The van der Waals surface area contributed by atoms with Crippen molar-refractivity contribution in [1.82, 2.24) is 10.6 Å². The molecule has 1 unspecified atom stereocenters. The van der Waals surface area contributed by atoms with E-state index >= 15 is 0 Å². The van der Waals surface area contributed by atoms with Crippen molar-refractivity contribution in [2.75, 3.05) is 13.1 Å². The molecule has 18 heavy (non-hydrogen) atoms. The van der Waals surface area contributed by atoms with Crippen molar-refractivity contribution in [3.05, 3.63) is 0 Å². The van der Waals surface area contributed by atoms with Crippen LogP contribution in [0.1, 0.15) is 40.5 Å². The summed E-state index contributed by atoms with van der Waals surface area (Å²) in [5.74, 6) is -0.859. The summed E-state index contributed by atoms with van der Waals surface area (Å²) in [6.07, 6.45) is 1.15. The Morgan fingerprint density at radius 1 is 1.22 bits per heavy atom. The second kappa shape index (κ2) is 7.92. The van der Waals surface area contributed by atoms with Crippen LogP contribution in [0.25, 0.3) is 0 Å². The van der Waals surface area contributed by atoms with E-state index in [0.29, 0.717) is 13.1 Å². The minimum atomic E-state index is -0.859. The second-order valence-corrected chi connectivity index (χ2v) is 5.15. The molecule has 0 rings (SSSR count). The highest BCUT2D eigenvalue weighted by Crippen LogP contribution is 2.06. The lowest BCUT2D eigenvalue weighted by atomic mass is 10.2. The van der Waals surface area contributed by atoms with Gasteiger partial charge in [-0.1, -0.05) is 0 Å². The van der Waals surface area contributed by atoms with Gasteiger partial charge in [0.05, 0.1) is 0 Å². The number of carbonyl (C=O) groups is 2. The van der Waals surface area contributed by atoms with Crippen molar-refractivity contribution >= 4 is 12.1 Å². The lowest BCUT2D eigenvalue weighted by Crippen LogP contribution is -2.35. The fraction of sp³-hybridized carbons (Fsp3) is 0.833. The number of aliphatic carboxylic acids is 1. The van der Waals surface area contributed by atoms with Gasteiger partial charge >= 0.3 is 12.1 Å². The van der Waals surface area contributed by atoms with Gasteiger partial charge in [-0.3, -0.25) is 4.79 Å². The molecule has 0 heterocycles. The highest BCUT2D eigenvalue weighted by molar-refractivity contribution is 5.72. The van der Waals surface area contributed by atoms with Crippen LogP contribution in [0.4, 0.5) is 4.79 Å². The molecule has 3 N–H and O–H groups in total. The first kappa shape index (κ1) is 16.7. The lowest BCUT2D eigenvalue weighted by Gasteiger charge is -2.19. The molecule has 0 saturated carbocycles. The molecular formula is C12H24N2O4. The summed E-state index contributed by atoms with van der Waals surface area (Å²) in [5, 5.41) is 14.1. The Labute approximate surface area is 108 Å². The van der Waals surface area contributed by atoms with E-state index in [4.69, 9.17) is 9.84 Å². The van der Waals surface area contributed by atoms with Crippen LogP contribution in [0.15, 0.2) is 0 Å². The summed E-state index contributed by atoms with van der Waals surface area (Å²) >= 11 is 0. The van der Waals surface area contributed by atoms with Crippen molar-refractivity contribution in [2.45, 2.75) is 52.2 Å². The molecule has 0 aromatic heterocycles. The Morgan fingerprint density at radius 3 is 2.28 bits per heavy atom. The number of ether oxygens (including phenoxy) is 1. The van der Waals surface area contributed by atoms with E-state index < -0.39 is 23.7 Å². The molecule has 0 bridgehead atoms. The number of rotatable bonds is 7. The van der Waals surface area contributed by atoms with Crippen molar-refractivity contribution < 1.29 is 19.4 Å². The van der Waals surface area contributed by atoms with Gasteiger partial charge in [-0.15, -0.1) is 0 Å². The van der Waals surface area contributed by atoms with Gasteiger partial charge in [0.25, 0.3) is 0 Å². The summed E-state index contributed by atoms with van der Waals surface area (Å²) in [6.45, 7) is 8.17. The first-order chi connectivity index (χ1) is 8.22. The Hall–Kier alpha value is -1.30. The molecule has 6 heteroatoms. The molecule has 0 aromatic rings. The van der Waals surface area contributed by atoms with Crippen LogP contribution in [-0.4, -0.2) is 41.9 Å². The van der Waals surface area contributed by atoms with Gasteiger partial charge in [0.2, 0.25) is 0 Å². The Bertz CT molecular complexity index is 274. The standard InChI is InChI=1S/C12H24N2O4/c1-9(10(15)16)13-7-5-6-8-14-11(17)18-12(2,3)4/h9,13H,5-8H2,1-4H3,(H,14,17)(H,15,16). The van der Waals surface area contributed by atoms with Gasteiger partial charge in [0.1, 0.15) is 11.6 Å². The molecule has 1 amide bonds. The van der Waals surface area contributed by atoms with Gasteiger partial charge in [0.15, 0.2) is 0 Å². The van der Waals surface area contributed by atoms with Gasteiger partial charge < -0.3 is 20.5 Å². The van der Waals surface area contributed by atoms with E-state index in [1.165, 1.54) is 0 Å². The highest BCUT2D eigenvalue weighted by atomic mass is 16.6. The average Bonchev–Trinajstić information content (AvgIpc) is 2.19. The first-order valence-corrected chi connectivity index (χ1v) is 6.15. The Morgan fingerprint density at radius 2 is 1.78 bits per heavy atom. The fourth-order valence-electron chi connectivity index (χ4n) is 1.16. The van der Waals surface area contributed by atoms with Crippen LogP contribution in [0.3, 0.4) is 0 Å². The quantitative estimate of drug-likeness (QED) is 0.601. The van der Waals surface area contributed by atoms with E-state index in [0.717, 1.165) is 12.8 Å². The van der Waals surface area contributed by atoms with Gasteiger partial charge in [-0.2, -0.15) is 0 Å².